The highest BCUT2D eigenvalue weighted by Gasteiger charge is 2.29. The molecular formula is C11H21NO. The molecule has 0 aromatic rings. The van der Waals surface area contributed by atoms with Crippen molar-refractivity contribution in [2.24, 2.45) is 5.41 Å². The zero-order valence-electron chi connectivity index (χ0n) is 9.10. The molecule has 0 aromatic heterocycles. The predicted molar refractivity (Wildman–Crippen MR) is 54.5 cm³/mol. The first-order valence-electron chi connectivity index (χ1n) is 5.39. The molecule has 0 bridgehead atoms. The Morgan fingerprint density at radius 2 is 1.85 bits per heavy atom. The standard InChI is InChI=1S/C11H21NO/c1-4-10(13)12-8-6-11(3,5-2)7-9-12/h4-9H2,1-3H3. The lowest BCUT2D eigenvalue weighted by Gasteiger charge is -2.38. The van der Waals surface area contributed by atoms with Gasteiger partial charge in [0.25, 0.3) is 0 Å². The van der Waals surface area contributed by atoms with Crippen LogP contribution in [0.15, 0.2) is 0 Å². The van der Waals surface area contributed by atoms with Crippen LogP contribution in [-0.2, 0) is 4.79 Å². The van der Waals surface area contributed by atoms with Crippen molar-refractivity contribution < 1.29 is 4.79 Å². The van der Waals surface area contributed by atoms with E-state index in [1.165, 1.54) is 19.3 Å². The van der Waals surface area contributed by atoms with Crippen LogP contribution in [0, 0.1) is 5.41 Å². The topological polar surface area (TPSA) is 20.3 Å². The molecule has 0 aromatic carbocycles. The van der Waals surface area contributed by atoms with Gasteiger partial charge in [-0.15, -0.1) is 0 Å². The van der Waals surface area contributed by atoms with Gasteiger partial charge in [-0.3, -0.25) is 4.79 Å². The number of hydrogen-bond acceptors (Lipinski definition) is 1. The van der Waals surface area contributed by atoms with Crippen LogP contribution >= 0.6 is 0 Å². The molecule has 1 rings (SSSR count). The maximum atomic E-state index is 11.4. The van der Waals surface area contributed by atoms with E-state index in [-0.39, 0.29) is 0 Å². The highest BCUT2D eigenvalue weighted by Crippen LogP contribution is 2.33. The lowest BCUT2D eigenvalue weighted by Crippen LogP contribution is -2.41. The van der Waals surface area contributed by atoms with Crippen LogP contribution in [0.5, 0.6) is 0 Å². The molecule has 1 aliphatic rings. The molecule has 0 N–H and O–H groups in total. The van der Waals surface area contributed by atoms with Crippen molar-refractivity contribution in [2.75, 3.05) is 13.1 Å². The van der Waals surface area contributed by atoms with Gasteiger partial charge in [0, 0.05) is 19.5 Å². The molecular weight excluding hydrogens is 162 g/mol. The van der Waals surface area contributed by atoms with E-state index in [4.69, 9.17) is 0 Å². The Morgan fingerprint density at radius 3 is 2.23 bits per heavy atom. The minimum absolute atomic E-state index is 0.318. The molecule has 1 fully saturated rings. The Morgan fingerprint density at radius 1 is 1.31 bits per heavy atom. The van der Waals surface area contributed by atoms with Crippen LogP contribution in [0.3, 0.4) is 0 Å². The van der Waals surface area contributed by atoms with E-state index in [0.717, 1.165) is 13.1 Å². The molecule has 2 nitrogen and oxygen atoms in total. The van der Waals surface area contributed by atoms with Gasteiger partial charge in [-0.25, -0.2) is 0 Å². The Bertz CT molecular complexity index is 181. The highest BCUT2D eigenvalue weighted by molar-refractivity contribution is 5.75. The quantitative estimate of drug-likeness (QED) is 0.644. The molecule has 1 heterocycles. The van der Waals surface area contributed by atoms with E-state index >= 15 is 0 Å². The first-order valence-corrected chi connectivity index (χ1v) is 5.39. The second kappa shape index (κ2) is 4.12. The second-order valence-corrected chi connectivity index (χ2v) is 4.40. The van der Waals surface area contributed by atoms with Crippen molar-refractivity contribution in [1.82, 2.24) is 4.90 Å². The molecule has 0 saturated carbocycles. The van der Waals surface area contributed by atoms with Gasteiger partial charge in [0.15, 0.2) is 0 Å². The third kappa shape index (κ3) is 2.45. The number of likely N-dealkylation sites (tertiary alicyclic amines) is 1. The highest BCUT2D eigenvalue weighted by atomic mass is 16.2. The summed E-state index contributed by atoms with van der Waals surface area (Å²) in [5.74, 6) is 0.318. The molecule has 2 heteroatoms. The van der Waals surface area contributed by atoms with Crippen molar-refractivity contribution in [3.05, 3.63) is 0 Å². The summed E-state index contributed by atoms with van der Waals surface area (Å²) in [4.78, 5) is 13.4. The normalized spacial score (nSPS) is 21.6. The van der Waals surface area contributed by atoms with E-state index in [2.05, 4.69) is 13.8 Å². The summed E-state index contributed by atoms with van der Waals surface area (Å²) in [7, 11) is 0. The zero-order valence-corrected chi connectivity index (χ0v) is 9.10. The largest absolute Gasteiger partial charge is 0.343 e. The van der Waals surface area contributed by atoms with E-state index in [0.29, 0.717) is 17.7 Å². The Balaban J connectivity index is 2.43. The second-order valence-electron chi connectivity index (χ2n) is 4.40. The number of carbonyl (C=O) groups excluding carboxylic acids is 1. The lowest BCUT2D eigenvalue weighted by molar-refractivity contribution is -0.133. The summed E-state index contributed by atoms with van der Waals surface area (Å²) in [6, 6.07) is 0. The van der Waals surface area contributed by atoms with E-state index in [9.17, 15) is 4.79 Å². The first-order chi connectivity index (χ1) is 6.11. The average molecular weight is 183 g/mol. The van der Waals surface area contributed by atoms with Crippen molar-refractivity contribution in [3.63, 3.8) is 0 Å². The van der Waals surface area contributed by atoms with Gasteiger partial charge in [-0.2, -0.15) is 0 Å². The van der Waals surface area contributed by atoms with E-state index in [1.54, 1.807) is 0 Å². The molecule has 0 radical (unpaired) electrons. The van der Waals surface area contributed by atoms with Gasteiger partial charge in [0.2, 0.25) is 5.91 Å². The summed E-state index contributed by atoms with van der Waals surface area (Å²) < 4.78 is 0. The molecule has 1 aliphatic heterocycles. The molecule has 76 valence electrons. The minimum Gasteiger partial charge on any atom is -0.343 e. The van der Waals surface area contributed by atoms with Gasteiger partial charge in [-0.1, -0.05) is 27.2 Å². The Hall–Kier alpha value is -0.530. The van der Waals surface area contributed by atoms with Gasteiger partial charge in [0.05, 0.1) is 0 Å². The fourth-order valence-corrected chi connectivity index (χ4v) is 1.87. The van der Waals surface area contributed by atoms with Crippen LogP contribution in [0.1, 0.15) is 46.5 Å². The summed E-state index contributed by atoms with van der Waals surface area (Å²) in [5.41, 5.74) is 0.491. The smallest absolute Gasteiger partial charge is 0.222 e. The molecule has 1 amide bonds. The van der Waals surface area contributed by atoms with Crippen molar-refractivity contribution in [2.45, 2.75) is 46.5 Å². The van der Waals surface area contributed by atoms with Crippen LogP contribution in [0.2, 0.25) is 0 Å². The van der Waals surface area contributed by atoms with Gasteiger partial charge in [0.1, 0.15) is 0 Å². The number of piperidine rings is 1. The van der Waals surface area contributed by atoms with Crippen molar-refractivity contribution in [3.8, 4) is 0 Å². The Kier molecular flexibility index (Phi) is 3.34. The molecule has 0 spiro atoms. The fourth-order valence-electron chi connectivity index (χ4n) is 1.87. The lowest BCUT2D eigenvalue weighted by atomic mass is 9.78. The molecule has 13 heavy (non-hydrogen) atoms. The third-order valence-corrected chi connectivity index (χ3v) is 3.48. The summed E-state index contributed by atoms with van der Waals surface area (Å²) in [6.45, 7) is 8.46. The monoisotopic (exact) mass is 183 g/mol. The summed E-state index contributed by atoms with van der Waals surface area (Å²) >= 11 is 0. The number of carbonyl (C=O) groups is 1. The maximum absolute atomic E-state index is 11.4. The zero-order chi connectivity index (χ0) is 9.90. The molecule has 0 atom stereocenters. The van der Waals surface area contributed by atoms with E-state index < -0.39 is 0 Å². The maximum Gasteiger partial charge on any atom is 0.222 e. The first kappa shape index (κ1) is 10.6. The average Bonchev–Trinajstić information content (AvgIpc) is 2.18. The van der Waals surface area contributed by atoms with Gasteiger partial charge < -0.3 is 4.90 Å². The molecule has 0 unspecified atom stereocenters. The van der Waals surface area contributed by atoms with Crippen LogP contribution in [0.4, 0.5) is 0 Å². The van der Waals surface area contributed by atoms with Crippen LogP contribution in [-0.4, -0.2) is 23.9 Å². The van der Waals surface area contributed by atoms with Crippen LogP contribution < -0.4 is 0 Å². The predicted octanol–water partition coefficient (Wildman–Crippen LogP) is 2.44. The minimum atomic E-state index is 0.318. The fraction of sp³-hybridized carbons (Fsp3) is 0.909. The van der Waals surface area contributed by atoms with Crippen molar-refractivity contribution >= 4 is 5.91 Å². The number of nitrogens with zero attached hydrogens (tertiary/aromatic N) is 1. The number of hydrogen-bond donors (Lipinski definition) is 0. The summed E-state index contributed by atoms with van der Waals surface area (Å²) in [6.07, 6.45) is 4.24. The van der Waals surface area contributed by atoms with Crippen LogP contribution in [0.25, 0.3) is 0 Å². The van der Waals surface area contributed by atoms with Crippen molar-refractivity contribution in [1.29, 1.82) is 0 Å². The molecule has 1 saturated heterocycles. The van der Waals surface area contributed by atoms with E-state index in [1.807, 2.05) is 11.8 Å². The number of amides is 1. The number of rotatable bonds is 2. The Labute approximate surface area is 81.3 Å². The summed E-state index contributed by atoms with van der Waals surface area (Å²) in [5, 5.41) is 0. The van der Waals surface area contributed by atoms with Gasteiger partial charge >= 0.3 is 0 Å². The SMILES string of the molecule is CCC(=O)N1CCC(C)(CC)CC1. The molecule has 0 aliphatic carbocycles. The van der Waals surface area contributed by atoms with Gasteiger partial charge in [-0.05, 0) is 18.3 Å². The third-order valence-electron chi connectivity index (χ3n) is 3.48.